The van der Waals surface area contributed by atoms with Crippen molar-refractivity contribution < 1.29 is 9.90 Å². The quantitative estimate of drug-likeness (QED) is 0.665. The molecular formula is C10H11NO2. The van der Waals surface area contributed by atoms with Gasteiger partial charge in [-0.15, -0.1) is 0 Å². The summed E-state index contributed by atoms with van der Waals surface area (Å²) in [7, 11) is 0. The Morgan fingerprint density at radius 1 is 1.54 bits per heavy atom. The van der Waals surface area contributed by atoms with Gasteiger partial charge in [0.05, 0.1) is 6.04 Å². The number of aromatic hydroxyl groups is 1. The molecule has 0 aliphatic heterocycles. The molecule has 3 nitrogen and oxygen atoms in total. The lowest BCUT2D eigenvalue weighted by Crippen LogP contribution is -2.16. The summed E-state index contributed by atoms with van der Waals surface area (Å²) in [6.45, 7) is 0. The minimum absolute atomic E-state index is 0.00583. The molecule has 0 saturated carbocycles. The van der Waals surface area contributed by atoms with E-state index in [9.17, 15) is 9.90 Å². The second-order valence-electron chi connectivity index (χ2n) is 3.23. The van der Waals surface area contributed by atoms with Gasteiger partial charge in [0, 0.05) is 5.56 Å². The summed E-state index contributed by atoms with van der Waals surface area (Å²) in [5, 5.41) is 12.3. The molecule has 1 aromatic carbocycles. The fraction of sp³-hybridized carbons (Fsp3) is 0.300. The maximum atomic E-state index is 10.3. The van der Waals surface area contributed by atoms with Gasteiger partial charge >= 0.3 is 0 Å². The molecule has 2 rings (SSSR count). The van der Waals surface area contributed by atoms with Crippen LogP contribution >= 0.6 is 0 Å². The molecule has 1 aliphatic rings. The van der Waals surface area contributed by atoms with Crippen molar-refractivity contribution in [3.63, 3.8) is 0 Å². The lowest BCUT2D eigenvalue weighted by Gasteiger charge is -2.10. The van der Waals surface area contributed by atoms with Crippen molar-refractivity contribution in [1.82, 2.24) is 5.32 Å². The van der Waals surface area contributed by atoms with E-state index in [-0.39, 0.29) is 11.8 Å². The van der Waals surface area contributed by atoms with E-state index in [0.29, 0.717) is 6.41 Å². The number of phenols is 1. The van der Waals surface area contributed by atoms with Gasteiger partial charge in [0.25, 0.3) is 0 Å². The Balaban J connectivity index is 2.39. The fourth-order valence-electron chi connectivity index (χ4n) is 1.91. The number of hydrogen-bond donors (Lipinski definition) is 2. The van der Waals surface area contributed by atoms with Crippen LogP contribution in [-0.2, 0) is 11.2 Å². The molecule has 3 heteroatoms. The normalized spacial score (nSPS) is 19.5. The molecule has 0 spiro atoms. The Labute approximate surface area is 76.4 Å². The average Bonchev–Trinajstić information content (AvgIpc) is 2.51. The number of hydrogen-bond acceptors (Lipinski definition) is 2. The topological polar surface area (TPSA) is 49.3 Å². The van der Waals surface area contributed by atoms with E-state index in [4.69, 9.17) is 0 Å². The largest absolute Gasteiger partial charge is 0.508 e. The highest BCUT2D eigenvalue weighted by Gasteiger charge is 2.24. The minimum atomic E-state index is -0.00583. The van der Waals surface area contributed by atoms with Crippen molar-refractivity contribution in [2.75, 3.05) is 0 Å². The van der Waals surface area contributed by atoms with Gasteiger partial charge in [-0.3, -0.25) is 4.79 Å². The number of rotatable bonds is 2. The molecule has 0 unspecified atom stereocenters. The van der Waals surface area contributed by atoms with Gasteiger partial charge in [0.1, 0.15) is 5.75 Å². The predicted molar refractivity (Wildman–Crippen MR) is 48.4 cm³/mol. The van der Waals surface area contributed by atoms with Crippen molar-refractivity contribution in [3.05, 3.63) is 29.3 Å². The number of aryl methyl sites for hydroxylation is 1. The van der Waals surface area contributed by atoms with Gasteiger partial charge in [-0.05, 0) is 24.5 Å². The Kier molecular flexibility index (Phi) is 1.93. The van der Waals surface area contributed by atoms with Gasteiger partial charge in [0.2, 0.25) is 6.41 Å². The third kappa shape index (κ3) is 1.26. The average molecular weight is 177 g/mol. The van der Waals surface area contributed by atoms with Crippen LogP contribution < -0.4 is 5.32 Å². The molecule has 1 aromatic rings. The number of carbonyl (C=O) groups is 1. The van der Waals surface area contributed by atoms with Crippen LogP contribution in [0.1, 0.15) is 23.6 Å². The summed E-state index contributed by atoms with van der Waals surface area (Å²) in [5.74, 6) is 0.286. The van der Waals surface area contributed by atoms with Crippen molar-refractivity contribution in [3.8, 4) is 5.75 Å². The van der Waals surface area contributed by atoms with E-state index in [1.165, 1.54) is 0 Å². The van der Waals surface area contributed by atoms with Gasteiger partial charge in [-0.2, -0.15) is 0 Å². The van der Waals surface area contributed by atoms with Crippen LogP contribution in [0.25, 0.3) is 0 Å². The van der Waals surface area contributed by atoms with Gasteiger partial charge in [-0.25, -0.2) is 0 Å². The van der Waals surface area contributed by atoms with E-state index in [1.54, 1.807) is 6.07 Å². The first-order chi connectivity index (χ1) is 6.33. The summed E-state index contributed by atoms with van der Waals surface area (Å²) in [4.78, 5) is 10.3. The molecule has 1 amide bonds. The van der Waals surface area contributed by atoms with Crippen LogP contribution in [0.4, 0.5) is 0 Å². The Morgan fingerprint density at radius 3 is 3.15 bits per heavy atom. The first-order valence-corrected chi connectivity index (χ1v) is 4.33. The molecule has 0 heterocycles. The molecule has 2 N–H and O–H groups in total. The zero-order valence-electron chi connectivity index (χ0n) is 7.16. The fourth-order valence-corrected chi connectivity index (χ4v) is 1.91. The zero-order valence-corrected chi connectivity index (χ0v) is 7.16. The molecule has 0 aromatic heterocycles. The van der Waals surface area contributed by atoms with Crippen LogP contribution in [0.15, 0.2) is 18.2 Å². The molecule has 0 saturated heterocycles. The second kappa shape index (κ2) is 3.09. The Hall–Kier alpha value is -1.51. The van der Waals surface area contributed by atoms with E-state index in [0.717, 1.165) is 24.0 Å². The van der Waals surface area contributed by atoms with Crippen molar-refractivity contribution in [2.24, 2.45) is 0 Å². The number of amides is 1. The van der Waals surface area contributed by atoms with Crippen molar-refractivity contribution >= 4 is 6.41 Å². The van der Waals surface area contributed by atoms with E-state index < -0.39 is 0 Å². The second-order valence-corrected chi connectivity index (χ2v) is 3.23. The van der Waals surface area contributed by atoms with E-state index in [1.807, 2.05) is 12.1 Å². The minimum Gasteiger partial charge on any atom is -0.508 e. The number of carbonyl (C=O) groups excluding carboxylic acids is 1. The highest BCUT2D eigenvalue weighted by Crippen LogP contribution is 2.36. The SMILES string of the molecule is O=CN[C@@H]1CCc2cccc(O)c21. The highest BCUT2D eigenvalue weighted by atomic mass is 16.3. The third-order valence-electron chi connectivity index (χ3n) is 2.49. The molecule has 68 valence electrons. The smallest absolute Gasteiger partial charge is 0.207 e. The summed E-state index contributed by atoms with van der Waals surface area (Å²) in [6, 6.07) is 5.47. The number of benzene rings is 1. The van der Waals surface area contributed by atoms with Gasteiger partial charge < -0.3 is 10.4 Å². The standard InChI is InChI=1S/C10H11NO2/c12-6-11-8-5-4-7-2-1-3-9(13)10(7)8/h1-3,6,8,13H,4-5H2,(H,11,12)/t8-/m1/s1. The van der Waals surface area contributed by atoms with Crippen LogP contribution in [0.5, 0.6) is 5.75 Å². The van der Waals surface area contributed by atoms with Crippen LogP contribution in [-0.4, -0.2) is 11.5 Å². The van der Waals surface area contributed by atoms with Crippen molar-refractivity contribution in [2.45, 2.75) is 18.9 Å². The monoisotopic (exact) mass is 177 g/mol. The molecular weight excluding hydrogens is 166 g/mol. The molecule has 0 fully saturated rings. The molecule has 13 heavy (non-hydrogen) atoms. The number of nitrogens with one attached hydrogen (secondary N) is 1. The third-order valence-corrected chi connectivity index (χ3v) is 2.49. The number of phenolic OH excluding ortho intramolecular Hbond substituents is 1. The van der Waals surface area contributed by atoms with Crippen LogP contribution in [0.3, 0.4) is 0 Å². The predicted octanol–water partition coefficient (Wildman–Crippen LogP) is 1.13. The van der Waals surface area contributed by atoms with Gasteiger partial charge in [-0.1, -0.05) is 12.1 Å². The Bertz CT molecular complexity index is 336. The van der Waals surface area contributed by atoms with Gasteiger partial charge in [0.15, 0.2) is 0 Å². The molecule has 0 radical (unpaired) electrons. The Morgan fingerprint density at radius 2 is 2.38 bits per heavy atom. The lowest BCUT2D eigenvalue weighted by molar-refractivity contribution is -0.110. The maximum Gasteiger partial charge on any atom is 0.207 e. The van der Waals surface area contributed by atoms with E-state index >= 15 is 0 Å². The zero-order chi connectivity index (χ0) is 9.26. The molecule has 1 atom stereocenters. The number of fused-ring (bicyclic) bond motifs is 1. The highest BCUT2D eigenvalue weighted by molar-refractivity contribution is 5.52. The summed E-state index contributed by atoms with van der Waals surface area (Å²) >= 11 is 0. The van der Waals surface area contributed by atoms with Crippen molar-refractivity contribution in [1.29, 1.82) is 0 Å². The first-order valence-electron chi connectivity index (χ1n) is 4.33. The summed E-state index contributed by atoms with van der Waals surface area (Å²) in [6.07, 6.45) is 2.49. The van der Waals surface area contributed by atoms with Crippen LogP contribution in [0.2, 0.25) is 0 Å². The maximum absolute atomic E-state index is 10.3. The first kappa shape index (κ1) is 8.10. The summed E-state index contributed by atoms with van der Waals surface area (Å²) < 4.78 is 0. The van der Waals surface area contributed by atoms with E-state index in [2.05, 4.69) is 5.32 Å². The summed E-state index contributed by atoms with van der Waals surface area (Å²) in [5.41, 5.74) is 2.02. The molecule has 1 aliphatic carbocycles. The lowest BCUT2D eigenvalue weighted by atomic mass is 10.1. The van der Waals surface area contributed by atoms with Crippen LogP contribution in [0, 0.1) is 0 Å². The molecule has 0 bridgehead atoms.